The largest absolute Gasteiger partial charge is 0.240 e. The molecular weight excluding hydrogens is 289 g/mol. The van der Waals surface area contributed by atoms with E-state index >= 15 is 0 Å². The molecular formula is C10H6IN3. The summed E-state index contributed by atoms with van der Waals surface area (Å²) in [5.74, 6) is 0. The maximum absolute atomic E-state index is 8.63. The van der Waals surface area contributed by atoms with E-state index in [2.05, 4.69) is 33.8 Å². The van der Waals surface area contributed by atoms with Gasteiger partial charge >= 0.3 is 0 Å². The van der Waals surface area contributed by atoms with Gasteiger partial charge in [-0.25, -0.2) is 4.68 Å². The van der Waals surface area contributed by atoms with E-state index in [1.807, 2.05) is 18.3 Å². The maximum atomic E-state index is 8.63. The second-order valence-electron chi connectivity index (χ2n) is 2.76. The van der Waals surface area contributed by atoms with Gasteiger partial charge in [0.2, 0.25) is 0 Å². The molecule has 2 aromatic rings. The van der Waals surface area contributed by atoms with Crippen LogP contribution in [-0.2, 0) is 0 Å². The van der Waals surface area contributed by atoms with Crippen molar-refractivity contribution in [1.29, 1.82) is 5.26 Å². The van der Waals surface area contributed by atoms with E-state index in [0.717, 1.165) is 9.26 Å². The van der Waals surface area contributed by atoms with Crippen LogP contribution in [0.25, 0.3) is 5.69 Å². The van der Waals surface area contributed by atoms with Crippen LogP contribution >= 0.6 is 22.6 Å². The first kappa shape index (κ1) is 9.21. The van der Waals surface area contributed by atoms with Crippen molar-refractivity contribution in [2.24, 2.45) is 0 Å². The summed E-state index contributed by atoms with van der Waals surface area (Å²) in [5, 5.41) is 12.8. The van der Waals surface area contributed by atoms with Gasteiger partial charge in [-0.1, -0.05) is 0 Å². The third kappa shape index (κ3) is 1.77. The van der Waals surface area contributed by atoms with Gasteiger partial charge in [0.25, 0.3) is 0 Å². The molecule has 1 heterocycles. The van der Waals surface area contributed by atoms with Gasteiger partial charge < -0.3 is 0 Å². The Labute approximate surface area is 95.1 Å². The Morgan fingerprint density at radius 1 is 1.29 bits per heavy atom. The molecule has 0 unspecified atom stereocenters. The van der Waals surface area contributed by atoms with Gasteiger partial charge in [0, 0.05) is 6.20 Å². The Kier molecular flexibility index (Phi) is 2.50. The molecule has 0 N–H and O–H groups in total. The Hall–Kier alpha value is -1.35. The number of nitrogens with zero attached hydrogens (tertiary/aromatic N) is 3. The third-order valence-corrected chi connectivity index (χ3v) is 2.37. The maximum Gasteiger partial charge on any atom is 0.0991 e. The standard InChI is InChI=1S/C10H6IN3/c11-9-6-13-14(7-9)10-3-1-8(5-12)2-4-10/h1-4,6-7H. The van der Waals surface area contributed by atoms with Crippen molar-refractivity contribution >= 4 is 22.6 Å². The quantitative estimate of drug-likeness (QED) is 0.758. The molecule has 0 radical (unpaired) electrons. The molecule has 0 saturated heterocycles. The molecule has 0 spiro atoms. The number of hydrogen-bond acceptors (Lipinski definition) is 2. The van der Waals surface area contributed by atoms with Crippen LogP contribution in [0.5, 0.6) is 0 Å². The van der Waals surface area contributed by atoms with Crippen LogP contribution in [0.3, 0.4) is 0 Å². The van der Waals surface area contributed by atoms with E-state index in [4.69, 9.17) is 5.26 Å². The van der Waals surface area contributed by atoms with E-state index < -0.39 is 0 Å². The lowest BCUT2D eigenvalue weighted by molar-refractivity contribution is 0.880. The SMILES string of the molecule is N#Cc1ccc(-n2cc(I)cn2)cc1. The Balaban J connectivity index is 2.39. The van der Waals surface area contributed by atoms with Crippen LogP contribution in [0.15, 0.2) is 36.7 Å². The third-order valence-electron chi connectivity index (χ3n) is 1.81. The normalized spacial score (nSPS) is 9.71. The molecule has 4 heteroatoms. The first-order valence-electron chi connectivity index (χ1n) is 4.00. The summed E-state index contributed by atoms with van der Waals surface area (Å²) in [5.41, 5.74) is 1.63. The molecule has 0 aliphatic heterocycles. The average molecular weight is 295 g/mol. The highest BCUT2D eigenvalue weighted by Gasteiger charge is 1.98. The zero-order valence-corrected chi connectivity index (χ0v) is 9.34. The number of aromatic nitrogens is 2. The van der Waals surface area contributed by atoms with Gasteiger partial charge in [0.05, 0.1) is 27.1 Å². The van der Waals surface area contributed by atoms with E-state index in [1.54, 1.807) is 23.0 Å². The minimum atomic E-state index is 0.663. The molecule has 2 rings (SSSR count). The van der Waals surface area contributed by atoms with Crippen molar-refractivity contribution in [2.45, 2.75) is 0 Å². The highest BCUT2D eigenvalue weighted by atomic mass is 127. The van der Waals surface area contributed by atoms with Crippen LogP contribution in [0, 0.1) is 14.9 Å². The highest BCUT2D eigenvalue weighted by molar-refractivity contribution is 14.1. The lowest BCUT2D eigenvalue weighted by Gasteiger charge is -1.99. The van der Waals surface area contributed by atoms with Gasteiger partial charge in [-0.2, -0.15) is 10.4 Å². The Bertz CT molecular complexity index is 479. The van der Waals surface area contributed by atoms with E-state index in [9.17, 15) is 0 Å². The minimum absolute atomic E-state index is 0.663. The van der Waals surface area contributed by atoms with Crippen molar-refractivity contribution in [3.05, 3.63) is 45.8 Å². The Morgan fingerprint density at radius 2 is 2.00 bits per heavy atom. The lowest BCUT2D eigenvalue weighted by Crippen LogP contribution is -1.93. The first-order chi connectivity index (χ1) is 6.79. The van der Waals surface area contributed by atoms with Gasteiger partial charge in [0.1, 0.15) is 0 Å². The van der Waals surface area contributed by atoms with E-state index in [1.165, 1.54) is 0 Å². The van der Waals surface area contributed by atoms with E-state index in [0.29, 0.717) is 5.56 Å². The molecule has 0 saturated carbocycles. The molecule has 1 aromatic heterocycles. The molecule has 1 aromatic carbocycles. The number of halogens is 1. The van der Waals surface area contributed by atoms with Crippen molar-refractivity contribution < 1.29 is 0 Å². The summed E-state index contributed by atoms with van der Waals surface area (Å²) in [7, 11) is 0. The van der Waals surface area contributed by atoms with Crippen molar-refractivity contribution in [3.8, 4) is 11.8 Å². The summed E-state index contributed by atoms with van der Waals surface area (Å²) >= 11 is 2.21. The average Bonchev–Trinajstić information content (AvgIpc) is 2.65. The van der Waals surface area contributed by atoms with Crippen molar-refractivity contribution in [1.82, 2.24) is 9.78 Å². The monoisotopic (exact) mass is 295 g/mol. The van der Waals surface area contributed by atoms with E-state index in [-0.39, 0.29) is 0 Å². The second-order valence-corrected chi connectivity index (χ2v) is 4.01. The molecule has 0 fully saturated rings. The summed E-state index contributed by atoms with van der Waals surface area (Å²) in [6.45, 7) is 0. The van der Waals surface area contributed by atoms with Crippen LogP contribution < -0.4 is 0 Å². The number of rotatable bonds is 1. The highest BCUT2D eigenvalue weighted by Crippen LogP contribution is 2.10. The summed E-state index contributed by atoms with van der Waals surface area (Å²) < 4.78 is 2.87. The number of nitriles is 1. The summed E-state index contributed by atoms with van der Waals surface area (Å²) in [6.07, 6.45) is 3.72. The number of hydrogen-bond donors (Lipinski definition) is 0. The Morgan fingerprint density at radius 3 is 2.50 bits per heavy atom. The van der Waals surface area contributed by atoms with Crippen LogP contribution in [0.4, 0.5) is 0 Å². The molecule has 0 amide bonds. The zero-order valence-electron chi connectivity index (χ0n) is 7.18. The molecule has 0 aliphatic rings. The molecule has 3 nitrogen and oxygen atoms in total. The molecule has 0 aliphatic carbocycles. The fraction of sp³-hybridized carbons (Fsp3) is 0. The zero-order chi connectivity index (χ0) is 9.97. The van der Waals surface area contributed by atoms with Gasteiger partial charge in [-0.15, -0.1) is 0 Å². The van der Waals surface area contributed by atoms with Crippen molar-refractivity contribution in [3.63, 3.8) is 0 Å². The predicted molar refractivity (Wildman–Crippen MR) is 61.0 cm³/mol. The van der Waals surface area contributed by atoms with Gasteiger partial charge in [-0.05, 0) is 46.9 Å². The minimum Gasteiger partial charge on any atom is -0.240 e. The van der Waals surface area contributed by atoms with Crippen molar-refractivity contribution in [2.75, 3.05) is 0 Å². The smallest absolute Gasteiger partial charge is 0.0991 e. The van der Waals surface area contributed by atoms with Crippen LogP contribution in [0.2, 0.25) is 0 Å². The van der Waals surface area contributed by atoms with Crippen LogP contribution in [-0.4, -0.2) is 9.78 Å². The fourth-order valence-corrected chi connectivity index (χ4v) is 1.52. The fourth-order valence-electron chi connectivity index (χ4n) is 1.13. The molecule has 68 valence electrons. The van der Waals surface area contributed by atoms with Gasteiger partial charge in [-0.3, -0.25) is 0 Å². The number of benzene rings is 1. The van der Waals surface area contributed by atoms with Gasteiger partial charge in [0.15, 0.2) is 0 Å². The lowest BCUT2D eigenvalue weighted by atomic mass is 10.2. The van der Waals surface area contributed by atoms with Crippen LogP contribution in [0.1, 0.15) is 5.56 Å². The molecule has 14 heavy (non-hydrogen) atoms. The second kappa shape index (κ2) is 3.80. The first-order valence-corrected chi connectivity index (χ1v) is 5.08. The summed E-state index contributed by atoms with van der Waals surface area (Å²) in [4.78, 5) is 0. The topological polar surface area (TPSA) is 41.6 Å². The molecule has 0 atom stereocenters. The molecule has 0 bridgehead atoms. The summed E-state index contributed by atoms with van der Waals surface area (Å²) in [6, 6.07) is 9.40. The predicted octanol–water partition coefficient (Wildman–Crippen LogP) is 2.35.